The van der Waals surface area contributed by atoms with Crippen molar-refractivity contribution >= 4 is 17.5 Å². The van der Waals surface area contributed by atoms with E-state index >= 15 is 0 Å². The molecule has 3 N–H and O–H groups in total. The van der Waals surface area contributed by atoms with Crippen LogP contribution in [0, 0.1) is 0 Å². The van der Waals surface area contributed by atoms with Crippen molar-refractivity contribution in [2.45, 2.75) is 18.9 Å². The Morgan fingerprint density at radius 2 is 1.92 bits per heavy atom. The van der Waals surface area contributed by atoms with Crippen molar-refractivity contribution in [1.82, 2.24) is 34.7 Å². The van der Waals surface area contributed by atoms with Gasteiger partial charge in [-0.3, -0.25) is 9.59 Å². The third kappa shape index (κ3) is 3.77. The molecule has 0 saturated carbocycles. The summed E-state index contributed by atoms with van der Waals surface area (Å²) in [5, 5.41) is 12.0. The van der Waals surface area contributed by atoms with Crippen LogP contribution in [0.3, 0.4) is 0 Å². The SMILES string of the molecule is NC(=O)c1ccc(-c2ncc([C@@H]3CCc4cc(-c5cc(Cl)ccc5-n5cnnn5)cc(=O)n43)[nH]2)cc1. The number of nitrogens with one attached hydrogen (secondary N) is 1. The second kappa shape index (κ2) is 8.58. The summed E-state index contributed by atoms with van der Waals surface area (Å²) < 4.78 is 3.35. The molecule has 36 heavy (non-hydrogen) atoms. The molecule has 0 bridgehead atoms. The molecule has 1 aliphatic heterocycles. The van der Waals surface area contributed by atoms with Gasteiger partial charge in [-0.05, 0) is 65.2 Å². The lowest BCUT2D eigenvalue weighted by Gasteiger charge is -2.15. The van der Waals surface area contributed by atoms with E-state index in [1.54, 1.807) is 51.8 Å². The van der Waals surface area contributed by atoms with E-state index < -0.39 is 5.91 Å². The Morgan fingerprint density at radius 3 is 2.67 bits per heavy atom. The van der Waals surface area contributed by atoms with Gasteiger partial charge in [-0.1, -0.05) is 23.7 Å². The van der Waals surface area contributed by atoms with E-state index in [2.05, 4.69) is 25.5 Å². The van der Waals surface area contributed by atoms with Crippen molar-refractivity contribution in [2.75, 3.05) is 0 Å². The number of nitrogens with zero attached hydrogens (tertiary/aromatic N) is 6. The molecule has 0 aliphatic carbocycles. The molecule has 1 aliphatic rings. The van der Waals surface area contributed by atoms with E-state index in [4.69, 9.17) is 17.3 Å². The Morgan fingerprint density at radius 1 is 1.08 bits per heavy atom. The lowest BCUT2D eigenvalue weighted by molar-refractivity contribution is 0.100. The first-order chi connectivity index (χ1) is 17.5. The molecule has 3 aromatic heterocycles. The van der Waals surface area contributed by atoms with E-state index in [0.717, 1.165) is 46.6 Å². The fourth-order valence-electron chi connectivity index (χ4n) is 4.70. The van der Waals surface area contributed by atoms with Gasteiger partial charge in [0.05, 0.1) is 23.6 Å². The Kier molecular flexibility index (Phi) is 5.23. The smallest absolute Gasteiger partial charge is 0.251 e. The number of aromatic nitrogens is 7. The van der Waals surface area contributed by atoms with Crippen LogP contribution in [-0.4, -0.2) is 40.6 Å². The van der Waals surface area contributed by atoms with Gasteiger partial charge in [-0.2, -0.15) is 4.68 Å². The topological polar surface area (TPSA) is 137 Å². The van der Waals surface area contributed by atoms with Gasteiger partial charge in [0, 0.05) is 33.5 Å². The number of pyridine rings is 1. The zero-order chi connectivity index (χ0) is 24.8. The summed E-state index contributed by atoms with van der Waals surface area (Å²) in [5.74, 6) is 0.176. The second-order valence-corrected chi connectivity index (χ2v) is 8.98. The highest BCUT2D eigenvalue weighted by atomic mass is 35.5. The third-order valence-corrected chi connectivity index (χ3v) is 6.63. The molecule has 10 nitrogen and oxygen atoms in total. The van der Waals surface area contributed by atoms with Gasteiger partial charge in [-0.25, -0.2) is 4.98 Å². The van der Waals surface area contributed by atoms with Crippen molar-refractivity contribution < 1.29 is 4.79 Å². The van der Waals surface area contributed by atoms with Crippen molar-refractivity contribution in [3.05, 3.63) is 99.4 Å². The number of aromatic amines is 1. The summed E-state index contributed by atoms with van der Waals surface area (Å²) in [6.45, 7) is 0. The van der Waals surface area contributed by atoms with E-state index in [9.17, 15) is 9.59 Å². The monoisotopic (exact) mass is 498 g/mol. The van der Waals surface area contributed by atoms with Crippen LogP contribution in [0.25, 0.3) is 28.2 Å². The zero-order valence-electron chi connectivity index (χ0n) is 18.8. The van der Waals surface area contributed by atoms with E-state index in [1.807, 2.05) is 18.2 Å². The number of halogens is 1. The van der Waals surface area contributed by atoms with Gasteiger partial charge in [0.25, 0.3) is 5.56 Å². The summed E-state index contributed by atoms with van der Waals surface area (Å²) >= 11 is 6.29. The number of carbonyl (C=O) groups excluding carboxylic acids is 1. The van der Waals surface area contributed by atoms with Gasteiger partial charge in [0.15, 0.2) is 0 Å². The quantitative estimate of drug-likeness (QED) is 0.382. The molecule has 0 spiro atoms. The lowest BCUT2D eigenvalue weighted by atomic mass is 10.0. The fourth-order valence-corrected chi connectivity index (χ4v) is 4.87. The van der Waals surface area contributed by atoms with Crippen LogP contribution < -0.4 is 11.3 Å². The second-order valence-electron chi connectivity index (χ2n) is 8.54. The van der Waals surface area contributed by atoms with Gasteiger partial charge in [0.2, 0.25) is 5.91 Å². The molecule has 178 valence electrons. The highest BCUT2D eigenvalue weighted by Gasteiger charge is 2.27. The standard InChI is InChI=1S/C25H19ClN8O2/c26-17-5-7-21(33-13-29-31-32-33)19(11-17)16-9-18-6-8-22(34(18)23(35)10-16)20-12-28-25(30-20)15-3-1-14(2-4-15)24(27)36/h1-5,7,9-13,22H,6,8H2,(H2,27,36)(H,28,30)/t22-/m0/s1. The van der Waals surface area contributed by atoms with Crippen molar-refractivity contribution in [3.63, 3.8) is 0 Å². The number of aryl methyl sites for hydroxylation is 1. The molecule has 1 atom stereocenters. The van der Waals surface area contributed by atoms with Crippen LogP contribution in [0.2, 0.25) is 5.02 Å². The number of carbonyl (C=O) groups is 1. The number of nitrogens with two attached hydrogens (primary N) is 1. The Hall–Kier alpha value is -4.57. The fraction of sp³-hybridized carbons (Fsp3) is 0.120. The molecule has 11 heteroatoms. The maximum absolute atomic E-state index is 13.4. The minimum Gasteiger partial charge on any atom is -0.366 e. The van der Waals surface area contributed by atoms with Gasteiger partial charge in [0.1, 0.15) is 12.2 Å². The first-order valence-corrected chi connectivity index (χ1v) is 11.6. The lowest BCUT2D eigenvalue weighted by Crippen LogP contribution is -2.23. The van der Waals surface area contributed by atoms with Crippen molar-refractivity contribution in [2.24, 2.45) is 5.73 Å². The Labute approximate surface area is 209 Å². The normalized spacial score (nSPS) is 14.6. The highest BCUT2D eigenvalue weighted by Crippen LogP contribution is 2.34. The average Bonchev–Trinajstić information content (AvgIpc) is 3.64. The predicted molar refractivity (Wildman–Crippen MR) is 133 cm³/mol. The molecule has 0 saturated heterocycles. The van der Waals surface area contributed by atoms with Gasteiger partial charge >= 0.3 is 0 Å². The molecule has 4 heterocycles. The Balaban J connectivity index is 1.35. The van der Waals surface area contributed by atoms with Crippen LogP contribution in [0.4, 0.5) is 0 Å². The maximum Gasteiger partial charge on any atom is 0.251 e. The summed E-state index contributed by atoms with van der Waals surface area (Å²) in [7, 11) is 0. The number of hydrogen-bond acceptors (Lipinski definition) is 6. The average molecular weight is 499 g/mol. The zero-order valence-corrected chi connectivity index (χ0v) is 19.6. The molecule has 0 fully saturated rings. The van der Waals surface area contributed by atoms with E-state index in [0.29, 0.717) is 16.4 Å². The summed E-state index contributed by atoms with van der Waals surface area (Å²) in [6.07, 6.45) is 4.75. The van der Waals surface area contributed by atoms with Crippen LogP contribution in [0.1, 0.15) is 34.2 Å². The first kappa shape index (κ1) is 21.9. The molecule has 6 rings (SSSR count). The molecule has 1 amide bonds. The molecular formula is C25H19ClN8O2. The summed E-state index contributed by atoms with van der Waals surface area (Å²) in [6, 6.07) is 15.8. The number of hydrogen-bond donors (Lipinski definition) is 2. The van der Waals surface area contributed by atoms with Crippen LogP contribution in [0.5, 0.6) is 0 Å². The highest BCUT2D eigenvalue weighted by molar-refractivity contribution is 6.31. The van der Waals surface area contributed by atoms with Crippen LogP contribution in [0.15, 0.2) is 71.9 Å². The number of fused-ring (bicyclic) bond motifs is 1. The summed E-state index contributed by atoms with van der Waals surface area (Å²) in [5.41, 5.74) is 10.5. The van der Waals surface area contributed by atoms with E-state index in [-0.39, 0.29) is 11.6 Å². The minimum absolute atomic E-state index is 0.116. The molecule has 5 aromatic rings. The number of benzene rings is 2. The van der Waals surface area contributed by atoms with Crippen molar-refractivity contribution in [1.29, 1.82) is 0 Å². The maximum atomic E-state index is 13.4. The van der Waals surface area contributed by atoms with Crippen LogP contribution in [-0.2, 0) is 6.42 Å². The summed E-state index contributed by atoms with van der Waals surface area (Å²) in [4.78, 5) is 32.5. The van der Waals surface area contributed by atoms with E-state index in [1.165, 1.54) is 6.33 Å². The molecule has 2 aromatic carbocycles. The number of rotatable bonds is 5. The number of H-pyrrole nitrogens is 1. The molecule has 0 radical (unpaired) electrons. The largest absolute Gasteiger partial charge is 0.366 e. The van der Waals surface area contributed by atoms with Gasteiger partial charge in [-0.15, -0.1) is 5.10 Å². The van der Waals surface area contributed by atoms with Crippen LogP contribution >= 0.6 is 11.6 Å². The minimum atomic E-state index is -0.481. The first-order valence-electron chi connectivity index (χ1n) is 11.2. The molecular weight excluding hydrogens is 480 g/mol. The number of primary amides is 1. The van der Waals surface area contributed by atoms with Crippen molar-refractivity contribution in [3.8, 4) is 28.2 Å². The number of amides is 1. The number of imidazole rings is 1. The number of tetrazole rings is 1. The predicted octanol–water partition coefficient (Wildman–Crippen LogP) is 3.17. The third-order valence-electron chi connectivity index (χ3n) is 6.40. The Bertz CT molecular complexity index is 1650. The molecule has 0 unspecified atom stereocenters. The van der Waals surface area contributed by atoms with Gasteiger partial charge < -0.3 is 15.3 Å².